The first-order valence-corrected chi connectivity index (χ1v) is 5.59. The third kappa shape index (κ3) is 3.32. The topological polar surface area (TPSA) is 52.3 Å². The van der Waals surface area contributed by atoms with Gasteiger partial charge >= 0.3 is 5.97 Å². The van der Waals surface area contributed by atoms with Gasteiger partial charge in [-0.15, -0.1) is 11.8 Å². The number of thioether (sulfide) groups is 1. The lowest BCUT2D eigenvalue weighted by Crippen LogP contribution is -1.94. The van der Waals surface area contributed by atoms with Gasteiger partial charge in [-0.05, 0) is 36.1 Å². The molecule has 15 heavy (non-hydrogen) atoms. The monoisotopic (exact) mass is 223 g/mol. The molecule has 0 unspecified atom stereocenters. The Morgan fingerprint density at radius 2 is 2.27 bits per heavy atom. The Labute approximate surface area is 93.3 Å². The fraction of sp³-hybridized carbons (Fsp3) is 0.182. The number of benzene rings is 1. The second kappa shape index (κ2) is 5.46. The summed E-state index contributed by atoms with van der Waals surface area (Å²) < 4.78 is 4.50. The average molecular weight is 223 g/mol. The summed E-state index contributed by atoms with van der Waals surface area (Å²) in [6, 6.07) is 5.69. The largest absolute Gasteiger partial charge is 0.466 e. The Kier molecular flexibility index (Phi) is 4.24. The third-order valence-electron chi connectivity index (χ3n) is 1.89. The van der Waals surface area contributed by atoms with Crippen LogP contribution in [0.1, 0.15) is 5.56 Å². The standard InChI is InChI=1S/C11H13NO2S/c1-14-11(13)6-3-8-7-9(15-2)4-5-10(8)12/h3-7H,12H2,1-2H3/b6-3+. The minimum absolute atomic E-state index is 0.385. The molecule has 1 aromatic rings. The average Bonchev–Trinajstić information content (AvgIpc) is 2.27. The number of ether oxygens (including phenoxy) is 1. The highest BCUT2D eigenvalue weighted by Crippen LogP contribution is 2.21. The summed E-state index contributed by atoms with van der Waals surface area (Å²) in [5, 5.41) is 0. The van der Waals surface area contributed by atoms with Gasteiger partial charge in [-0.1, -0.05) is 0 Å². The number of nitrogen functional groups attached to an aromatic ring is 1. The SMILES string of the molecule is COC(=O)/C=C/c1cc(SC)ccc1N. The first-order valence-electron chi connectivity index (χ1n) is 4.37. The van der Waals surface area contributed by atoms with Gasteiger partial charge in [0.15, 0.2) is 0 Å². The van der Waals surface area contributed by atoms with Crippen molar-refractivity contribution in [2.75, 3.05) is 19.1 Å². The van der Waals surface area contributed by atoms with E-state index in [4.69, 9.17) is 5.73 Å². The zero-order chi connectivity index (χ0) is 11.3. The minimum Gasteiger partial charge on any atom is -0.466 e. The highest BCUT2D eigenvalue weighted by molar-refractivity contribution is 7.98. The zero-order valence-corrected chi connectivity index (χ0v) is 9.51. The molecule has 0 fully saturated rings. The molecule has 80 valence electrons. The highest BCUT2D eigenvalue weighted by atomic mass is 32.2. The van der Waals surface area contributed by atoms with Gasteiger partial charge in [-0.2, -0.15) is 0 Å². The van der Waals surface area contributed by atoms with Crippen molar-refractivity contribution in [1.29, 1.82) is 0 Å². The van der Waals surface area contributed by atoms with Crippen LogP contribution in [0.5, 0.6) is 0 Å². The van der Waals surface area contributed by atoms with Crippen molar-refractivity contribution >= 4 is 29.5 Å². The van der Waals surface area contributed by atoms with Crippen molar-refractivity contribution in [1.82, 2.24) is 0 Å². The van der Waals surface area contributed by atoms with Crippen LogP contribution in [-0.4, -0.2) is 19.3 Å². The first-order chi connectivity index (χ1) is 7.17. The summed E-state index contributed by atoms with van der Waals surface area (Å²) in [6.07, 6.45) is 5.00. The minimum atomic E-state index is -0.385. The Balaban J connectivity index is 2.93. The lowest BCUT2D eigenvalue weighted by molar-refractivity contribution is -0.134. The second-order valence-electron chi connectivity index (χ2n) is 2.85. The maximum absolute atomic E-state index is 10.9. The summed E-state index contributed by atoms with van der Waals surface area (Å²) in [6.45, 7) is 0. The number of anilines is 1. The fourth-order valence-electron chi connectivity index (χ4n) is 1.05. The maximum atomic E-state index is 10.9. The number of nitrogens with two attached hydrogens (primary N) is 1. The molecule has 4 heteroatoms. The number of methoxy groups -OCH3 is 1. The van der Waals surface area contributed by atoms with Crippen molar-refractivity contribution in [2.45, 2.75) is 4.90 Å². The van der Waals surface area contributed by atoms with Crippen molar-refractivity contribution in [3.8, 4) is 0 Å². The van der Waals surface area contributed by atoms with Crippen LogP contribution in [0.15, 0.2) is 29.2 Å². The number of carbonyl (C=O) groups excluding carboxylic acids is 1. The molecule has 0 saturated carbocycles. The number of esters is 1. The van der Waals surface area contributed by atoms with E-state index in [1.807, 2.05) is 24.5 Å². The van der Waals surface area contributed by atoms with Crippen LogP contribution in [0.4, 0.5) is 5.69 Å². The predicted molar refractivity (Wildman–Crippen MR) is 63.7 cm³/mol. The molecule has 0 amide bonds. The van der Waals surface area contributed by atoms with Gasteiger partial charge in [-0.3, -0.25) is 0 Å². The van der Waals surface area contributed by atoms with Crippen LogP contribution < -0.4 is 5.73 Å². The fourth-order valence-corrected chi connectivity index (χ4v) is 1.50. The molecule has 0 saturated heterocycles. The summed E-state index contributed by atoms with van der Waals surface area (Å²) in [7, 11) is 1.34. The number of rotatable bonds is 3. The maximum Gasteiger partial charge on any atom is 0.330 e. The van der Waals surface area contributed by atoms with Crippen LogP contribution in [-0.2, 0) is 9.53 Å². The van der Waals surface area contributed by atoms with Gasteiger partial charge in [0.2, 0.25) is 0 Å². The first kappa shape index (κ1) is 11.7. The molecule has 0 heterocycles. The van der Waals surface area contributed by atoms with Gasteiger partial charge in [0.1, 0.15) is 0 Å². The molecule has 3 nitrogen and oxygen atoms in total. The van der Waals surface area contributed by atoms with E-state index in [2.05, 4.69) is 4.74 Å². The van der Waals surface area contributed by atoms with E-state index in [1.165, 1.54) is 13.2 Å². The van der Waals surface area contributed by atoms with Crippen molar-refractivity contribution in [2.24, 2.45) is 0 Å². The van der Waals surface area contributed by atoms with E-state index in [0.717, 1.165) is 10.5 Å². The van der Waals surface area contributed by atoms with Gasteiger partial charge in [0.05, 0.1) is 7.11 Å². The van der Waals surface area contributed by atoms with Crippen molar-refractivity contribution in [3.63, 3.8) is 0 Å². The third-order valence-corrected chi connectivity index (χ3v) is 2.62. The van der Waals surface area contributed by atoms with E-state index in [1.54, 1.807) is 17.8 Å². The van der Waals surface area contributed by atoms with Crippen LogP contribution in [0.25, 0.3) is 6.08 Å². The van der Waals surface area contributed by atoms with Gasteiger partial charge in [0, 0.05) is 16.7 Å². The van der Waals surface area contributed by atoms with Gasteiger partial charge in [-0.25, -0.2) is 4.79 Å². The summed E-state index contributed by atoms with van der Waals surface area (Å²) in [4.78, 5) is 12.0. The molecule has 1 aromatic carbocycles. The Morgan fingerprint density at radius 1 is 1.53 bits per heavy atom. The molecule has 0 bridgehead atoms. The van der Waals surface area contributed by atoms with E-state index in [0.29, 0.717) is 5.69 Å². The lowest BCUT2D eigenvalue weighted by Gasteiger charge is -2.02. The van der Waals surface area contributed by atoms with E-state index in [-0.39, 0.29) is 5.97 Å². The molecular formula is C11H13NO2S. The van der Waals surface area contributed by atoms with Gasteiger partial charge < -0.3 is 10.5 Å². The van der Waals surface area contributed by atoms with Crippen LogP contribution in [0, 0.1) is 0 Å². The smallest absolute Gasteiger partial charge is 0.330 e. The highest BCUT2D eigenvalue weighted by Gasteiger charge is 1.98. The number of hydrogen-bond acceptors (Lipinski definition) is 4. The summed E-state index contributed by atoms with van der Waals surface area (Å²) in [5.41, 5.74) is 7.23. The number of carbonyl (C=O) groups is 1. The van der Waals surface area contributed by atoms with Crippen LogP contribution in [0.2, 0.25) is 0 Å². The molecule has 0 atom stereocenters. The molecule has 0 aromatic heterocycles. The number of hydrogen-bond donors (Lipinski definition) is 1. The molecule has 0 aliphatic rings. The molecule has 0 spiro atoms. The quantitative estimate of drug-likeness (QED) is 0.369. The Morgan fingerprint density at radius 3 is 2.87 bits per heavy atom. The predicted octanol–water partition coefficient (Wildman–Crippen LogP) is 2.18. The zero-order valence-electron chi connectivity index (χ0n) is 8.69. The second-order valence-corrected chi connectivity index (χ2v) is 3.73. The molecule has 0 aliphatic carbocycles. The summed E-state index contributed by atoms with van der Waals surface area (Å²) >= 11 is 1.63. The van der Waals surface area contributed by atoms with Crippen molar-refractivity contribution in [3.05, 3.63) is 29.8 Å². The summed E-state index contributed by atoms with van der Waals surface area (Å²) in [5.74, 6) is -0.385. The van der Waals surface area contributed by atoms with Crippen LogP contribution in [0.3, 0.4) is 0 Å². The van der Waals surface area contributed by atoms with Crippen LogP contribution >= 0.6 is 11.8 Å². The molecule has 2 N–H and O–H groups in total. The Hall–Kier alpha value is -1.42. The molecular weight excluding hydrogens is 210 g/mol. The van der Waals surface area contributed by atoms with E-state index in [9.17, 15) is 4.79 Å². The molecule has 0 radical (unpaired) electrons. The normalized spacial score (nSPS) is 10.5. The molecule has 1 rings (SSSR count). The van der Waals surface area contributed by atoms with Gasteiger partial charge in [0.25, 0.3) is 0 Å². The Bertz CT molecular complexity index is 388. The lowest BCUT2D eigenvalue weighted by atomic mass is 10.1. The molecule has 0 aliphatic heterocycles. The van der Waals surface area contributed by atoms with E-state index >= 15 is 0 Å². The van der Waals surface area contributed by atoms with Crippen molar-refractivity contribution < 1.29 is 9.53 Å². The van der Waals surface area contributed by atoms with E-state index < -0.39 is 0 Å².